The Morgan fingerprint density at radius 3 is 2.56 bits per heavy atom. The Hall–Kier alpha value is -1.10. The summed E-state index contributed by atoms with van der Waals surface area (Å²) in [5, 5.41) is 11.5. The topological polar surface area (TPSA) is 75.6 Å². The van der Waals surface area contributed by atoms with Crippen molar-refractivity contribution in [2.24, 2.45) is 5.92 Å². The van der Waals surface area contributed by atoms with Crippen LogP contribution in [-0.4, -0.2) is 35.7 Å². The summed E-state index contributed by atoms with van der Waals surface area (Å²) in [7, 11) is 0. The summed E-state index contributed by atoms with van der Waals surface area (Å²) >= 11 is 0. The highest BCUT2D eigenvalue weighted by Gasteiger charge is 2.26. The first-order valence-corrected chi connectivity index (χ1v) is 5.67. The van der Waals surface area contributed by atoms with Gasteiger partial charge in [-0.1, -0.05) is 0 Å². The molecule has 1 saturated heterocycles. The summed E-state index contributed by atoms with van der Waals surface area (Å²) < 4.78 is 5.32. The molecule has 92 valence electrons. The highest BCUT2D eigenvalue weighted by molar-refractivity contribution is 5.82. The van der Waals surface area contributed by atoms with E-state index in [1.807, 2.05) is 0 Å². The van der Waals surface area contributed by atoms with Crippen LogP contribution >= 0.6 is 0 Å². The maximum Gasteiger partial charge on any atom is 0.308 e. The van der Waals surface area contributed by atoms with E-state index in [1.54, 1.807) is 13.8 Å². The summed E-state index contributed by atoms with van der Waals surface area (Å²) in [5.41, 5.74) is 0. The smallest absolute Gasteiger partial charge is 0.308 e. The van der Waals surface area contributed by atoms with Gasteiger partial charge in [0.15, 0.2) is 0 Å². The van der Waals surface area contributed by atoms with Gasteiger partial charge in [0.2, 0.25) is 5.91 Å². The van der Waals surface area contributed by atoms with Crippen molar-refractivity contribution in [1.82, 2.24) is 5.32 Å². The van der Waals surface area contributed by atoms with Crippen molar-refractivity contribution >= 4 is 11.9 Å². The number of carboxylic acid groups (broad SMARTS) is 1. The fourth-order valence-electron chi connectivity index (χ4n) is 1.60. The van der Waals surface area contributed by atoms with Crippen molar-refractivity contribution in [3.63, 3.8) is 0 Å². The SMILES string of the molecule is CC(NC(=O)C1CCCCO1)C(C)C(=O)O. The molecule has 5 nitrogen and oxygen atoms in total. The van der Waals surface area contributed by atoms with Crippen LogP contribution in [0.15, 0.2) is 0 Å². The minimum Gasteiger partial charge on any atom is -0.481 e. The monoisotopic (exact) mass is 229 g/mol. The predicted molar refractivity (Wildman–Crippen MR) is 58.0 cm³/mol. The maximum absolute atomic E-state index is 11.7. The first-order valence-electron chi connectivity index (χ1n) is 5.67. The van der Waals surface area contributed by atoms with Crippen LogP contribution in [-0.2, 0) is 14.3 Å². The van der Waals surface area contributed by atoms with Crippen molar-refractivity contribution in [1.29, 1.82) is 0 Å². The largest absolute Gasteiger partial charge is 0.481 e. The molecule has 0 saturated carbocycles. The average molecular weight is 229 g/mol. The predicted octanol–water partition coefficient (Wildman–Crippen LogP) is 0.781. The number of amides is 1. The molecule has 5 heteroatoms. The number of nitrogens with one attached hydrogen (secondary N) is 1. The van der Waals surface area contributed by atoms with Crippen molar-refractivity contribution < 1.29 is 19.4 Å². The van der Waals surface area contributed by atoms with Crippen LogP contribution in [0.25, 0.3) is 0 Å². The third-order valence-corrected chi connectivity index (χ3v) is 2.98. The van der Waals surface area contributed by atoms with E-state index in [9.17, 15) is 9.59 Å². The van der Waals surface area contributed by atoms with Crippen molar-refractivity contribution in [2.45, 2.75) is 45.3 Å². The van der Waals surface area contributed by atoms with Crippen molar-refractivity contribution in [3.05, 3.63) is 0 Å². The number of ether oxygens (including phenoxy) is 1. The quantitative estimate of drug-likeness (QED) is 0.747. The fourth-order valence-corrected chi connectivity index (χ4v) is 1.60. The maximum atomic E-state index is 11.7. The van der Waals surface area contributed by atoms with Crippen LogP contribution in [0.5, 0.6) is 0 Å². The van der Waals surface area contributed by atoms with Crippen LogP contribution < -0.4 is 5.32 Å². The van der Waals surface area contributed by atoms with Gasteiger partial charge in [0.25, 0.3) is 0 Å². The van der Waals surface area contributed by atoms with E-state index in [0.717, 1.165) is 19.3 Å². The molecule has 1 aliphatic rings. The number of aliphatic carboxylic acids is 1. The lowest BCUT2D eigenvalue weighted by Crippen LogP contribution is -2.46. The molecule has 0 radical (unpaired) electrons. The summed E-state index contributed by atoms with van der Waals surface area (Å²) in [6, 6.07) is -0.379. The number of carboxylic acids is 1. The van der Waals surface area contributed by atoms with E-state index in [-0.39, 0.29) is 11.9 Å². The fraction of sp³-hybridized carbons (Fsp3) is 0.818. The van der Waals surface area contributed by atoms with Crippen molar-refractivity contribution in [2.75, 3.05) is 6.61 Å². The van der Waals surface area contributed by atoms with Gasteiger partial charge in [0.1, 0.15) is 6.10 Å². The van der Waals surface area contributed by atoms with Gasteiger partial charge < -0.3 is 15.2 Å². The molecule has 2 N–H and O–H groups in total. The van der Waals surface area contributed by atoms with Crippen LogP contribution in [0.1, 0.15) is 33.1 Å². The summed E-state index contributed by atoms with van der Waals surface area (Å²) in [5.74, 6) is -1.69. The Labute approximate surface area is 95.2 Å². The Bertz CT molecular complexity index is 261. The zero-order valence-corrected chi connectivity index (χ0v) is 9.73. The van der Waals surface area contributed by atoms with Crippen LogP contribution in [0, 0.1) is 5.92 Å². The lowest BCUT2D eigenvalue weighted by atomic mass is 10.0. The van der Waals surface area contributed by atoms with E-state index in [0.29, 0.717) is 6.61 Å². The number of rotatable bonds is 4. The van der Waals surface area contributed by atoms with Gasteiger partial charge in [0.05, 0.1) is 5.92 Å². The first kappa shape index (κ1) is 13.0. The lowest BCUT2D eigenvalue weighted by molar-refractivity contribution is -0.143. The zero-order chi connectivity index (χ0) is 12.1. The molecule has 16 heavy (non-hydrogen) atoms. The molecular weight excluding hydrogens is 210 g/mol. The number of hydrogen-bond acceptors (Lipinski definition) is 3. The third-order valence-electron chi connectivity index (χ3n) is 2.98. The average Bonchev–Trinajstić information content (AvgIpc) is 2.28. The second-order valence-electron chi connectivity index (χ2n) is 4.28. The molecule has 0 aromatic carbocycles. The van der Waals surface area contributed by atoms with E-state index in [1.165, 1.54) is 0 Å². The molecule has 0 spiro atoms. The molecule has 1 fully saturated rings. The first-order chi connectivity index (χ1) is 7.52. The molecular formula is C11H19NO4. The molecule has 0 aliphatic carbocycles. The van der Waals surface area contributed by atoms with Gasteiger partial charge in [0, 0.05) is 12.6 Å². The second kappa shape index (κ2) is 5.84. The third kappa shape index (κ3) is 3.48. The molecule has 3 unspecified atom stereocenters. The zero-order valence-electron chi connectivity index (χ0n) is 9.73. The van der Waals surface area contributed by atoms with Crippen LogP contribution in [0.2, 0.25) is 0 Å². The number of carbonyl (C=O) groups is 2. The van der Waals surface area contributed by atoms with Crippen LogP contribution in [0.3, 0.4) is 0 Å². The Kier molecular flexibility index (Phi) is 4.73. The molecule has 3 atom stereocenters. The minimum absolute atomic E-state index is 0.194. The van der Waals surface area contributed by atoms with E-state index in [4.69, 9.17) is 9.84 Å². The van der Waals surface area contributed by atoms with Gasteiger partial charge in [-0.15, -0.1) is 0 Å². The van der Waals surface area contributed by atoms with Gasteiger partial charge >= 0.3 is 5.97 Å². The molecule has 1 aliphatic heterocycles. The highest BCUT2D eigenvalue weighted by Crippen LogP contribution is 2.13. The van der Waals surface area contributed by atoms with E-state index in [2.05, 4.69) is 5.32 Å². The summed E-state index contributed by atoms with van der Waals surface area (Å²) in [6.45, 7) is 3.88. The minimum atomic E-state index is -0.905. The van der Waals surface area contributed by atoms with Crippen molar-refractivity contribution in [3.8, 4) is 0 Å². The standard InChI is InChI=1S/C11H19NO4/c1-7(11(14)15)8(2)12-10(13)9-5-3-4-6-16-9/h7-9H,3-6H2,1-2H3,(H,12,13)(H,14,15). The Morgan fingerprint density at radius 2 is 2.06 bits per heavy atom. The molecule has 0 bridgehead atoms. The number of carbonyl (C=O) groups excluding carboxylic acids is 1. The molecule has 1 amide bonds. The number of hydrogen-bond donors (Lipinski definition) is 2. The van der Waals surface area contributed by atoms with E-state index >= 15 is 0 Å². The lowest BCUT2D eigenvalue weighted by Gasteiger charge is -2.25. The molecule has 1 rings (SSSR count). The van der Waals surface area contributed by atoms with Gasteiger partial charge in [-0.05, 0) is 33.1 Å². The van der Waals surface area contributed by atoms with Gasteiger partial charge in [-0.2, -0.15) is 0 Å². The summed E-state index contributed by atoms with van der Waals surface area (Å²) in [6.07, 6.45) is 2.29. The molecule has 1 heterocycles. The highest BCUT2D eigenvalue weighted by atomic mass is 16.5. The Balaban J connectivity index is 2.40. The Morgan fingerprint density at radius 1 is 1.38 bits per heavy atom. The van der Waals surface area contributed by atoms with Gasteiger partial charge in [-0.25, -0.2) is 0 Å². The molecule has 0 aromatic heterocycles. The normalized spacial score (nSPS) is 24.5. The molecule has 0 aromatic rings. The van der Waals surface area contributed by atoms with Crippen LogP contribution in [0.4, 0.5) is 0 Å². The van der Waals surface area contributed by atoms with E-state index < -0.39 is 18.0 Å². The van der Waals surface area contributed by atoms with Gasteiger partial charge in [-0.3, -0.25) is 9.59 Å². The summed E-state index contributed by atoms with van der Waals surface area (Å²) in [4.78, 5) is 22.4. The second-order valence-corrected chi connectivity index (χ2v) is 4.28.